The summed E-state index contributed by atoms with van der Waals surface area (Å²) >= 11 is 0. The van der Waals surface area contributed by atoms with E-state index in [1.165, 1.54) is 0 Å². The van der Waals surface area contributed by atoms with Gasteiger partial charge in [-0.25, -0.2) is 15.0 Å². The minimum atomic E-state index is 0.354. The lowest BCUT2D eigenvalue weighted by molar-refractivity contribution is 0.282. The van der Waals surface area contributed by atoms with E-state index < -0.39 is 0 Å². The lowest BCUT2D eigenvalue weighted by Gasteiger charge is -2.12. The van der Waals surface area contributed by atoms with Crippen molar-refractivity contribution in [2.75, 3.05) is 0 Å². The molecule has 154 valence electrons. The Balaban J connectivity index is 1.45. The number of aromatic nitrogens is 5. The van der Waals surface area contributed by atoms with E-state index in [0.717, 1.165) is 22.5 Å². The van der Waals surface area contributed by atoms with Gasteiger partial charge in [-0.15, -0.1) is 0 Å². The third kappa shape index (κ3) is 4.25. The van der Waals surface area contributed by atoms with Crippen molar-refractivity contribution in [3.05, 3.63) is 90.6 Å². The monoisotopic (exact) mass is 411 g/mol. The highest BCUT2D eigenvalue weighted by molar-refractivity contribution is 5.76. The summed E-state index contributed by atoms with van der Waals surface area (Å²) in [4.78, 5) is 16.6. The molecule has 1 N–H and O–H groups in total. The van der Waals surface area contributed by atoms with E-state index in [2.05, 4.69) is 19.9 Å². The fraction of sp³-hybridized carbons (Fsp3) is 0.125. The van der Waals surface area contributed by atoms with Crippen molar-refractivity contribution in [3.63, 3.8) is 0 Å². The highest BCUT2D eigenvalue weighted by Crippen LogP contribution is 2.30. The number of rotatable bonds is 7. The lowest BCUT2D eigenvalue weighted by Crippen LogP contribution is -2.03. The van der Waals surface area contributed by atoms with Crippen LogP contribution in [0.4, 0.5) is 0 Å². The smallest absolute Gasteiger partial charge is 0.178 e. The van der Waals surface area contributed by atoms with E-state index >= 15 is 0 Å². The van der Waals surface area contributed by atoms with Crippen LogP contribution < -0.4 is 9.47 Å². The van der Waals surface area contributed by atoms with Crippen molar-refractivity contribution in [1.82, 2.24) is 24.5 Å². The van der Waals surface area contributed by atoms with Gasteiger partial charge in [-0.05, 0) is 29.8 Å². The second-order valence-corrected chi connectivity index (χ2v) is 7.17. The number of hydrogen-bond acceptors (Lipinski definition) is 5. The summed E-state index contributed by atoms with van der Waals surface area (Å²) in [5.74, 6) is 2.92. The molecule has 3 heterocycles. The first kappa shape index (κ1) is 18.9. The molecule has 2 aromatic carbocycles. The molecule has 3 aromatic heterocycles. The van der Waals surface area contributed by atoms with Crippen LogP contribution in [0.5, 0.6) is 11.5 Å². The van der Waals surface area contributed by atoms with Gasteiger partial charge in [0.1, 0.15) is 36.4 Å². The number of pyridine rings is 1. The average molecular weight is 411 g/mol. The van der Waals surface area contributed by atoms with Gasteiger partial charge in [0.05, 0.1) is 5.52 Å². The zero-order chi connectivity index (χ0) is 21.0. The van der Waals surface area contributed by atoms with Crippen LogP contribution in [0.2, 0.25) is 0 Å². The van der Waals surface area contributed by atoms with Crippen LogP contribution in [0.15, 0.2) is 79.3 Å². The topological polar surface area (TPSA) is 77.8 Å². The van der Waals surface area contributed by atoms with Crippen LogP contribution in [0.3, 0.4) is 0 Å². The number of H-pyrrole nitrogens is 1. The van der Waals surface area contributed by atoms with Crippen molar-refractivity contribution in [1.29, 1.82) is 0 Å². The van der Waals surface area contributed by atoms with E-state index in [0.29, 0.717) is 36.2 Å². The van der Waals surface area contributed by atoms with Crippen LogP contribution in [-0.2, 0) is 20.3 Å². The second kappa shape index (κ2) is 8.31. The predicted molar refractivity (Wildman–Crippen MR) is 118 cm³/mol. The van der Waals surface area contributed by atoms with E-state index in [1.807, 2.05) is 78.5 Å². The molecule has 0 radical (unpaired) electrons. The zero-order valence-corrected chi connectivity index (χ0v) is 17.0. The van der Waals surface area contributed by atoms with Crippen LogP contribution >= 0.6 is 0 Å². The number of imidazole rings is 2. The molecular weight excluding hydrogens is 390 g/mol. The summed E-state index contributed by atoms with van der Waals surface area (Å²) in [7, 11) is 1.94. The molecule has 5 rings (SSSR count). The van der Waals surface area contributed by atoms with Gasteiger partial charge in [-0.3, -0.25) is 0 Å². The van der Waals surface area contributed by atoms with Crippen LogP contribution in [0.25, 0.3) is 22.6 Å². The molecule has 0 amide bonds. The Labute approximate surface area is 179 Å². The molecule has 7 heteroatoms. The third-order valence-corrected chi connectivity index (χ3v) is 4.95. The van der Waals surface area contributed by atoms with Crippen molar-refractivity contribution in [2.45, 2.75) is 13.2 Å². The van der Waals surface area contributed by atoms with Gasteiger partial charge in [0.2, 0.25) is 0 Å². The summed E-state index contributed by atoms with van der Waals surface area (Å²) in [5.41, 5.74) is 3.50. The standard InChI is InChI=1S/C24H21N5O2/c1-29-11-10-25-22(29)16-31-20-13-18(23-27-21-8-5-9-26-24(21)28-23)12-19(14-20)30-15-17-6-3-2-4-7-17/h2-14H,15-16H2,1H3,(H,26,27,28). The predicted octanol–water partition coefficient (Wildman–Crippen LogP) is 4.52. The summed E-state index contributed by atoms with van der Waals surface area (Å²) in [6.07, 6.45) is 5.38. The fourth-order valence-electron chi connectivity index (χ4n) is 3.28. The Morgan fingerprint density at radius 3 is 2.42 bits per heavy atom. The number of ether oxygens (including phenoxy) is 2. The third-order valence-electron chi connectivity index (χ3n) is 4.95. The summed E-state index contributed by atoms with van der Waals surface area (Å²) in [6, 6.07) is 19.7. The van der Waals surface area contributed by atoms with Crippen LogP contribution in [0, 0.1) is 0 Å². The quantitative estimate of drug-likeness (QED) is 0.426. The molecule has 0 aliphatic heterocycles. The van der Waals surface area contributed by atoms with E-state index in [-0.39, 0.29) is 0 Å². The first-order chi connectivity index (χ1) is 15.2. The van der Waals surface area contributed by atoms with Gasteiger partial charge in [0.15, 0.2) is 5.65 Å². The van der Waals surface area contributed by atoms with Crippen molar-refractivity contribution >= 4 is 11.2 Å². The maximum Gasteiger partial charge on any atom is 0.178 e. The number of nitrogens with one attached hydrogen (secondary N) is 1. The molecule has 0 atom stereocenters. The van der Waals surface area contributed by atoms with Crippen LogP contribution in [0.1, 0.15) is 11.4 Å². The maximum atomic E-state index is 6.07. The average Bonchev–Trinajstić information content (AvgIpc) is 3.43. The van der Waals surface area contributed by atoms with Gasteiger partial charge >= 0.3 is 0 Å². The molecule has 7 nitrogen and oxygen atoms in total. The highest BCUT2D eigenvalue weighted by atomic mass is 16.5. The van der Waals surface area contributed by atoms with E-state index in [9.17, 15) is 0 Å². The summed E-state index contributed by atoms with van der Waals surface area (Å²) in [5, 5.41) is 0. The Morgan fingerprint density at radius 2 is 1.68 bits per heavy atom. The van der Waals surface area contributed by atoms with Crippen molar-refractivity contribution < 1.29 is 9.47 Å². The first-order valence-corrected chi connectivity index (χ1v) is 9.96. The van der Waals surface area contributed by atoms with Gasteiger partial charge in [-0.2, -0.15) is 0 Å². The molecule has 0 fully saturated rings. The Hall–Kier alpha value is -4.13. The Bertz CT molecular complexity index is 1280. The Morgan fingerprint density at radius 1 is 0.871 bits per heavy atom. The first-order valence-electron chi connectivity index (χ1n) is 9.96. The number of aromatic amines is 1. The van der Waals surface area contributed by atoms with E-state index in [4.69, 9.17) is 9.47 Å². The fourth-order valence-corrected chi connectivity index (χ4v) is 3.28. The highest BCUT2D eigenvalue weighted by Gasteiger charge is 2.11. The van der Waals surface area contributed by atoms with E-state index in [1.54, 1.807) is 12.4 Å². The number of aryl methyl sites for hydroxylation is 1. The molecular formula is C24H21N5O2. The van der Waals surface area contributed by atoms with Gasteiger partial charge in [0, 0.05) is 37.3 Å². The normalized spacial score (nSPS) is 11.0. The van der Waals surface area contributed by atoms with Crippen LogP contribution in [-0.4, -0.2) is 24.5 Å². The molecule has 0 spiro atoms. The number of nitrogens with zero attached hydrogens (tertiary/aromatic N) is 4. The zero-order valence-electron chi connectivity index (χ0n) is 17.0. The minimum Gasteiger partial charge on any atom is -0.489 e. The summed E-state index contributed by atoms with van der Waals surface area (Å²) < 4.78 is 14.0. The lowest BCUT2D eigenvalue weighted by atomic mass is 10.2. The number of hydrogen-bond donors (Lipinski definition) is 1. The summed E-state index contributed by atoms with van der Waals surface area (Å²) in [6.45, 7) is 0.817. The number of fused-ring (bicyclic) bond motifs is 1. The molecule has 0 saturated carbocycles. The maximum absolute atomic E-state index is 6.07. The van der Waals surface area contributed by atoms with Crippen molar-refractivity contribution in [3.8, 4) is 22.9 Å². The van der Waals surface area contributed by atoms with Gasteiger partial charge < -0.3 is 19.0 Å². The van der Waals surface area contributed by atoms with Gasteiger partial charge in [0.25, 0.3) is 0 Å². The molecule has 0 aliphatic carbocycles. The SMILES string of the molecule is Cn1ccnc1COc1cc(OCc2ccccc2)cc(-c2nc3ncccc3[nH]2)c1. The minimum absolute atomic E-state index is 0.354. The molecule has 31 heavy (non-hydrogen) atoms. The molecule has 0 bridgehead atoms. The Kier molecular flexibility index (Phi) is 5.06. The molecule has 0 unspecified atom stereocenters. The molecule has 0 saturated heterocycles. The van der Waals surface area contributed by atoms with Crippen molar-refractivity contribution in [2.24, 2.45) is 7.05 Å². The molecule has 0 aliphatic rings. The molecule has 5 aromatic rings. The van der Waals surface area contributed by atoms with Gasteiger partial charge in [-0.1, -0.05) is 30.3 Å². The number of benzene rings is 2. The second-order valence-electron chi connectivity index (χ2n) is 7.17. The largest absolute Gasteiger partial charge is 0.489 e.